The molecule has 21 heavy (non-hydrogen) atoms. The number of nitrogen functional groups attached to an aromatic ring is 1. The molecule has 1 aliphatic heterocycles. The van der Waals surface area contributed by atoms with E-state index in [-0.39, 0.29) is 0 Å². The number of hydrogen-bond acceptors (Lipinski definition) is 5. The molecule has 0 radical (unpaired) electrons. The number of nitrogens with one attached hydrogen (secondary N) is 1. The molecule has 3 heterocycles. The van der Waals surface area contributed by atoms with E-state index >= 15 is 0 Å². The molecule has 0 amide bonds. The highest BCUT2D eigenvalue weighted by Gasteiger charge is 2.23. The summed E-state index contributed by atoms with van der Waals surface area (Å²) in [6.07, 6.45) is 3.72. The predicted molar refractivity (Wildman–Crippen MR) is 80.9 cm³/mol. The van der Waals surface area contributed by atoms with Gasteiger partial charge in [-0.3, -0.25) is 5.10 Å². The van der Waals surface area contributed by atoms with Gasteiger partial charge in [-0.15, -0.1) is 0 Å². The maximum Gasteiger partial charge on any atom is 0.128 e. The minimum Gasteiger partial charge on any atom is -0.384 e. The third-order valence-corrected chi connectivity index (χ3v) is 4.07. The zero-order chi connectivity index (χ0) is 14.8. The van der Waals surface area contributed by atoms with Gasteiger partial charge in [-0.25, -0.2) is 4.98 Å². The highest BCUT2D eigenvalue weighted by molar-refractivity contribution is 5.47. The van der Waals surface area contributed by atoms with E-state index in [1.165, 1.54) is 0 Å². The van der Waals surface area contributed by atoms with Gasteiger partial charge in [0, 0.05) is 31.3 Å². The van der Waals surface area contributed by atoms with Gasteiger partial charge in [0.2, 0.25) is 0 Å². The van der Waals surface area contributed by atoms with E-state index in [4.69, 9.17) is 11.0 Å². The minimum absolute atomic E-state index is 0.453. The largest absolute Gasteiger partial charge is 0.384 e. The molecular formula is C15H18N6. The zero-order valence-electron chi connectivity index (χ0n) is 12.0. The zero-order valence-corrected chi connectivity index (χ0v) is 12.0. The molecule has 3 rings (SSSR count). The van der Waals surface area contributed by atoms with Crippen molar-refractivity contribution >= 4 is 11.6 Å². The second kappa shape index (κ2) is 5.44. The molecule has 1 fully saturated rings. The average Bonchev–Trinajstić information content (AvgIpc) is 2.94. The lowest BCUT2D eigenvalue weighted by Gasteiger charge is -2.32. The second-order valence-corrected chi connectivity index (χ2v) is 5.48. The third kappa shape index (κ3) is 2.68. The van der Waals surface area contributed by atoms with E-state index < -0.39 is 0 Å². The molecular weight excluding hydrogens is 264 g/mol. The van der Waals surface area contributed by atoms with Gasteiger partial charge in [-0.05, 0) is 31.4 Å². The first-order valence-electron chi connectivity index (χ1n) is 7.10. The number of hydrogen-bond donors (Lipinski definition) is 2. The molecule has 0 saturated carbocycles. The van der Waals surface area contributed by atoms with Crippen LogP contribution in [-0.2, 0) is 0 Å². The number of pyridine rings is 1. The summed E-state index contributed by atoms with van der Waals surface area (Å²) < 4.78 is 0. The van der Waals surface area contributed by atoms with Crippen LogP contribution >= 0.6 is 0 Å². The Morgan fingerprint density at radius 3 is 2.71 bits per heavy atom. The van der Waals surface area contributed by atoms with Gasteiger partial charge in [0.05, 0.1) is 11.3 Å². The first-order valence-corrected chi connectivity index (χ1v) is 7.10. The number of nitriles is 1. The molecule has 2 aromatic rings. The topological polar surface area (TPSA) is 94.6 Å². The summed E-state index contributed by atoms with van der Waals surface area (Å²) >= 11 is 0. The van der Waals surface area contributed by atoms with E-state index in [1.54, 1.807) is 6.20 Å². The number of aryl methyl sites for hydroxylation is 1. The Labute approximate surface area is 123 Å². The van der Waals surface area contributed by atoms with Gasteiger partial charge in [-0.1, -0.05) is 0 Å². The molecule has 3 N–H and O–H groups in total. The van der Waals surface area contributed by atoms with Crippen molar-refractivity contribution in [3.63, 3.8) is 0 Å². The Bertz CT molecular complexity index is 676. The standard InChI is InChI=1S/C15H18N6/c1-10-6-15(18-9-12(10)8-16)21-4-2-11(3-5-21)13-7-14(17)20-19-13/h6-7,9,11H,2-5H2,1H3,(H3,17,19,20). The highest BCUT2D eigenvalue weighted by Crippen LogP contribution is 2.29. The van der Waals surface area contributed by atoms with Crippen LogP contribution in [0.1, 0.15) is 35.6 Å². The summed E-state index contributed by atoms with van der Waals surface area (Å²) in [5.74, 6) is 2.03. The van der Waals surface area contributed by atoms with E-state index in [9.17, 15) is 0 Å². The fourth-order valence-electron chi connectivity index (χ4n) is 2.80. The van der Waals surface area contributed by atoms with Crippen molar-refractivity contribution < 1.29 is 0 Å². The van der Waals surface area contributed by atoms with Crippen molar-refractivity contribution in [2.75, 3.05) is 23.7 Å². The van der Waals surface area contributed by atoms with Gasteiger partial charge in [-0.2, -0.15) is 10.4 Å². The number of aromatic nitrogens is 3. The Hall–Kier alpha value is -2.55. The number of rotatable bonds is 2. The van der Waals surface area contributed by atoms with Crippen LogP contribution in [-0.4, -0.2) is 28.3 Å². The van der Waals surface area contributed by atoms with Gasteiger partial charge in [0.1, 0.15) is 17.7 Å². The van der Waals surface area contributed by atoms with Gasteiger partial charge in [0.25, 0.3) is 0 Å². The van der Waals surface area contributed by atoms with Crippen LogP contribution in [0.15, 0.2) is 18.3 Å². The van der Waals surface area contributed by atoms with Crippen LogP contribution in [0.2, 0.25) is 0 Å². The van der Waals surface area contributed by atoms with Crippen LogP contribution in [0.4, 0.5) is 11.6 Å². The minimum atomic E-state index is 0.453. The molecule has 2 aromatic heterocycles. The molecule has 0 aliphatic carbocycles. The van der Waals surface area contributed by atoms with E-state index in [2.05, 4.69) is 26.2 Å². The van der Waals surface area contributed by atoms with Crippen LogP contribution in [0.25, 0.3) is 0 Å². The molecule has 6 heteroatoms. The molecule has 1 aliphatic rings. The Morgan fingerprint density at radius 1 is 1.38 bits per heavy atom. The second-order valence-electron chi connectivity index (χ2n) is 5.48. The highest BCUT2D eigenvalue weighted by atomic mass is 15.2. The molecule has 0 spiro atoms. The van der Waals surface area contributed by atoms with Crippen molar-refractivity contribution in [2.24, 2.45) is 0 Å². The van der Waals surface area contributed by atoms with E-state index in [0.717, 1.165) is 43.0 Å². The number of piperidine rings is 1. The molecule has 108 valence electrons. The predicted octanol–water partition coefficient (Wildman–Crippen LogP) is 1.95. The van der Waals surface area contributed by atoms with Crippen LogP contribution in [0, 0.1) is 18.3 Å². The summed E-state index contributed by atoms with van der Waals surface area (Å²) in [6, 6.07) is 6.06. The summed E-state index contributed by atoms with van der Waals surface area (Å²) in [5.41, 5.74) is 8.35. The summed E-state index contributed by atoms with van der Waals surface area (Å²) in [6.45, 7) is 3.83. The van der Waals surface area contributed by atoms with Crippen molar-refractivity contribution in [3.05, 3.63) is 35.2 Å². The molecule has 0 unspecified atom stereocenters. The molecule has 6 nitrogen and oxygen atoms in total. The van der Waals surface area contributed by atoms with Crippen LogP contribution in [0.3, 0.4) is 0 Å². The maximum absolute atomic E-state index is 8.96. The summed E-state index contributed by atoms with van der Waals surface area (Å²) in [4.78, 5) is 6.66. The van der Waals surface area contributed by atoms with Crippen molar-refractivity contribution in [1.82, 2.24) is 15.2 Å². The van der Waals surface area contributed by atoms with Gasteiger partial charge < -0.3 is 10.6 Å². The smallest absolute Gasteiger partial charge is 0.128 e. The number of H-pyrrole nitrogens is 1. The number of aromatic amines is 1. The lowest BCUT2D eigenvalue weighted by molar-refractivity contribution is 0.493. The normalized spacial score (nSPS) is 15.9. The van der Waals surface area contributed by atoms with Gasteiger partial charge in [0.15, 0.2) is 0 Å². The average molecular weight is 282 g/mol. The van der Waals surface area contributed by atoms with E-state index in [0.29, 0.717) is 17.3 Å². The third-order valence-electron chi connectivity index (χ3n) is 4.07. The number of nitrogens with zero attached hydrogens (tertiary/aromatic N) is 4. The first-order chi connectivity index (χ1) is 10.2. The SMILES string of the molecule is Cc1cc(N2CCC(c3cc(N)[nH]n3)CC2)ncc1C#N. The number of nitrogens with two attached hydrogens (primary N) is 1. The van der Waals surface area contributed by atoms with Gasteiger partial charge >= 0.3 is 0 Å². The lowest BCUT2D eigenvalue weighted by Crippen LogP contribution is -2.33. The van der Waals surface area contributed by atoms with Crippen LogP contribution in [0.5, 0.6) is 0 Å². The monoisotopic (exact) mass is 282 g/mol. The Kier molecular flexibility index (Phi) is 3.48. The van der Waals surface area contributed by atoms with Crippen LogP contribution < -0.4 is 10.6 Å². The Morgan fingerprint density at radius 2 is 2.14 bits per heavy atom. The van der Waals surface area contributed by atoms with E-state index in [1.807, 2.05) is 19.1 Å². The van der Waals surface area contributed by atoms with Crippen molar-refractivity contribution in [1.29, 1.82) is 5.26 Å². The summed E-state index contributed by atoms with van der Waals surface area (Å²) in [7, 11) is 0. The first kappa shape index (κ1) is 13.4. The molecule has 1 saturated heterocycles. The molecule has 0 aromatic carbocycles. The maximum atomic E-state index is 8.96. The fourth-order valence-corrected chi connectivity index (χ4v) is 2.80. The fraction of sp³-hybridized carbons (Fsp3) is 0.400. The summed E-state index contributed by atoms with van der Waals surface area (Å²) in [5, 5.41) is 16.0. The quantitative estimate of drug-likeness (QED) is 0.878. The number of anilines is 2. The lowest BCUT2D eigenvalue weighted by atomic mass is 9.93. The molecule has 0 atom stereocenters. The van der Waals surface area contributed by atoms with Crippen molar-refractivity contribution in [3.8, 4) is 6.07 Å². The Balaban J connectivity index is 1.68. The van der Waals surface area contributed by atoms with Crippen molar-refractivity contribution in [2.45, 2.75) is 25.7 Å². The molecule has 0 bridgehead atoms.